The zero-order chi connectivity index (χ0) is 9.97. The van der Waals surface area contributed by atoms with Gasteiger partial charge in [0.2, 0.25) is 0 Å². The minimum Gasteiger partial charge on any atom is -0.454 e. The summed E-state index contributed by atoms with van der Waals surface area (Å²) in [6.07, 6.45) is 8.12. The van der Waals surface area contributed by atoms with Crippen molar-refractivity contribution >= 4 is 5.97 Å². The van der Waals surface area contributed by atoms with E-state index in [2.05, 4.69) is 6.58 Å². The van der Waals surface area contributed by atoms with E-state index in [0.29, 0.717) is 0 Å². The number of rotatable bonds is 3. The van der Waals surface area contributed by atoms with Crippen LogP contribution in [0.25, 0.3) is 0 Å². The molecule has 1 heterocycles. The summed E-state index contributed by atoms with van der Waals surface area (Å²) >= 11 is 0. The highest BCUT2D eigenvalue weighted by molar-refractivity contribution is 5.92. The summed E-state index contributed by atoms with van der Waals surface area (Å²) in [5.74, 6) is -0.0613. The minimum absolute atomic E-state index is 0.0613. The number of allylic oxidation sites excluding steroid dienone is 1. The van der Waals surface area contributed by atoms with E-state index < -0.39 is 0 Å². The van der Waals surface area contributed by atoms with Gasteiger partial charge in [-0.3, -0.25) is 0 Å². The standard InChI is InChI=1S/C12H16O2/c1-2-3-8-11-9-6-4-5-7-10(9)12(13)14-11/h2,11H,1,3-8H2. The van der Waals surface area contributed by atoms with Gasteiger partial charge in [0.1, 0.15) is 6.10 Å². The summed E-state index contributed by atoms with van der Waals surface area (Å²) in [7, 11) is 0. The lowest BCUT2D eigenvalue weighted by Crippen LogP contribution is -2.11. The molecule has 0 aromatic carbocycles. The Hall–Kier alpha value is -1.05. The fourth-order valence-corrected chi connectivity index (χ4v) is 2.29. The Morgan fingerprint density at radius 1 is 1.43 bits per heavy atom. The third-order valence-electron chi connectivity index (χ3n) is 3.03. The van der Waals surface area contributed by atoms with E-state index in [1.807, 2.05) is 6.08 Å². The first-order valence-corrected chi connectivity index (χ1v) is 5.36. The number of hydrogen-bond acceptors (Lipinski definition) is 2. The second-order valence-corrected chi connectivity index (χ2v) is 3.97. The number of carbonyl (C=O) groups is 1. The average Bonchev–Trinajstić information content (AvgIpc) is 2.54. The largest absolute Gasteiger partial charge is 0.454 e. The van der Waals surface area contributed by atoms with Crippen LogP contribution >= 0.6 is 0 Å². The molecule has 0 radical (unpaired) electrons. The van der Waals surface area contributed by atoms with Crippen LogP contribution in [0, 0.1) is 0 Å². The first-order chi connectivity index (χ1) is 6.83. The molecule has 0 aromatic heterocycles. The smallest absolute Gasteiger partial charge is 0.334 e. The predicted octanol–water partition coefficient (Wildman–Crippen LogP) is 2.75. The third kappa shape index (κ3) is 1.61. The summed E-state index contributed by atoms with van der Waals surface area (Å²) in [6, 6.07) is 0. The van der Waals surface area contributed by atoms with E-state index in [0.717, 1.165) is 37.7 Å². The maximum atomic E-state index is 11.5. The molecule has 0 bridgehead atoms. The Kier molecular flexibility index (Phi) is 2.71. The highest BCUT2D eigenvalue weighted by Crippen LogP contribution is 2.36. The van der Waals surface area contributed by atoms with E-state index in [9.17, 15) is 4.79 Å². The number of hydrogen-bond donors (Lipinski definition) is 0. The number of ether oxygens (including phenoxy) is 1. The molecule has 1 aliphatic carbocycles. The van der Waals surface area contributed by atoms with Crippen molar-refractivity contribution < 1.29 is 9.53 Å². The van der Waals surface area contributed by atoms with E-state index >= 15 is 0 Å². The molecule has 76 valence electrons. The van der Waals surface area contributed by atoms with Crippen LogP contribution in [0.15, 0.2) is 23.8 Å². The van der Waals surface area contributed by atoms with Crippen molar-refractivity contribution in [3.05, 3.63) is 23.8 Å². The molecule has 1 aliphatic heterocycles. The van der Waals surface area contributed by atoms with Crippen molar-refractivity contribution in [2.75, 3.05) is 0 Å². The van der Waals surface area contributed by atoms with Crippen LogP contribution in [0.5, 0.6) is 0 Å². The van der Waals surface area contributed by atoms with E-state index in [1.54, 1.807) is 0 Å². The van der Waals surface area contributed by atoms with Gasteiger partial charge in [-0.2, -0.15) is 0 Å². The van der Waals surface area contributed by atoms with E-state index in [4.69, 9.17) is 4.74 Å². The van der Waals surface area contributed by atoms with Crippen LogP contribution in [0.4, 0.5) is 0 Å². The summed E-state index contributed by atoms with van der Waals surface area (Å²) in [5.41, 5.74) is 2.26. The molecule has 14 heavy (non-hydrogen) atoms. The molecule has 0 aromatic rings. The maximum absolute atomic E-state index is 11.5. The zero-order valence-corrected chi connectivity index (χ0v) is 8.42. The van der Waals surface area contributed by atoms with Crippen molar-refractivity contribution in [1.82, 2.24) is 0 Å². The predicted molar refractivity (Wildman–Crippen MR) is 54.8 cm³/mol. The molecule has 0 amide bonds. The first kappa shape index (κ1) is 9.50. The summed E-state index contributed by atoms with van der Waals surface area (Å²) < 4.78 is 5.35. The van der Waals surface area contributed by atoms with Gasteiger partial charge in [-0.1, -0.05) is 6.08 Å². The Labute approximate surface area is 84.6 Å². The van der Waals surface area contributed by atoms with Gasteiger partial charge in [-0.05, 0) is 44.1 Å². The number of cyclic esters (lactones) is 1. The molecular weight excluding hydrogens is 176 g/mol. The normalized spacial score (nSPS) is 26.0. The van der Waals surface area contributed by atoms with Gasteiger partial charge in [-0.25, -0.2) is 4.79 Å². The summed E-state index contributed by atoms with van der Waals surface area (Å²) in [4.78, 5) is 11.5. The van der Waals surface area contributed by atoms with Gasteiger partial charge < -0.3 is 4.74 Å². The van der Waals surface area contributed by atoms with E-state index in [-0.39, 0.29) is 12.1 Å². The zero-order valence-electron chi connectivity index (χ0n) is 8.42. The number of carbonyl (C=O) groups excluding carboxylic acids is 1. The van der Waals surface area contributed by atoms with Crippen molar-refractivity contribution in [3.63, 3.8) is 0 Å². The first-order valence-electron chi connectivity index (χ1n) is 5.36. The molecule has 0 saturated carbocycles. The molecule has 1 unspecified atom stereocenters. The SMILES string of the molecule is C=CCCC1OC(=O)C2=C1CCCC2. The van der Waals surface area contributed by atoms with Crippen LogP contribution in [0.2, 0.25) is 0 Å². The highest BCUT2D eigenvalue weighted by Gasteiger charge is 2.34. The molecule has 0 saturated heterocycles. The molecular formula is C12H16O2. The van der Waals surface area contributed by atoms with Gasteiger partial charge in [0.25, 0.3) is 0 Å². The topological polar surface area (TPSA) is 26.3 Å². The molecule has 0 N–H and O–H groups in total. The van der Waals surface area contributed by atoms with Crippen molar-refractivity contribution in [2.24, 2.45) is 0 Å². The molecule has 0 fully saturated rings. The van der Waals surface area contributed by atoms with Gasteiger partial charge in [0.05, 0.1) is 0 Å². The monoisotopic (exact) mass is 192 g/mol. The fourth-order valence-electron chi connectivity index (χ4n) is 2.29. The van der Waals surface area contributed by atoms with Gasteiger partial charge in [0.15, 0.2) is 0 Å². The van der Waals surface area contributed by atoms with Gasteiger partial charge in [0, 0.05) is 5.57 Å². The maximum Gasteiger partial charge on any atom is 0.334 e. The molecule has 2 heteroatoms. The van der Waals surface area contributed by atoms with E-state index in [1.165, 1.54) is 12.0 Å². The van der Waals surface area contributed by atoms with Crippen LogP contribution in [0.1, 0.15) is 38.5 Å². The minimum atomic E-state index is -0.0613. The lowest BCUT2D eigenvalue weighted by Gasteiger charge is -2.15. The molecule has 2 aliphatic rings. The van der Waals surface area contributed by atoms with Crippen LogP contribution < -0.4 is 0 Å². The Morgan fingerprint density at radius 2 is 2.21 bits per heavy atom. The second kappa shape index (κ2) is 3.99. The van der Waals surface area contributed by atoms with Crippen LogP contribution in [0.3, 0.4) is 0 Å². The molecule has 1 atom stereocenters. The third-order valence-corrected chi connectivity index (χ3v) is 3.03. The summed E-state index contributed by atoms with van der Waals surface area (Å²) in [5, 5.41) is 0. The van der Waals surface area contributed by atoms with Gasteiger partial charge >= 0.3 is 5.97 Å². The average molecular weight is 192 g/mol. The summed E-state index contributed by atoms with van der Waals surface area (Å²) in [6.45, 7) is 3.69. The second-order valence-electron chi connectivity index (χ2n) is 3.97. The molecule has 0 spiro atoms. The van der Waals surface area contributed by atoms with Crippen molar-refractivity contribution in [3.8, 4) is 0 Å². The number of esters is 1. The Bertz CT molecular complexity index is 289. The Morgan fingerprint density at radius 3 is 3.00 bits per heavy atom. The van der Waals surface area contributed by atoms with Crippen LogP contribution in [-0.4, -0.2) is 12.1 Å². The Balaban J connectivity index is 2.10. The lowest BCUT2D eigenvalue weighted by atomic mass is 9.89. The van der Waals surface area contributed by atoms with Gasteiger partial charge in [-0.15, -0.1) is 6.58 Å². The van der Waals surface area contributed by atoms with Crippen LogP contribution in [-0.2, 0) is 9.53 Å². The lowest BCUT2D eigenvalue weighted by molar-refractivity contribution is -0.140. The van der Waals surface area contributed by atoms with Crippen molar-refractivity contribution in [2.45, 2.75) is 44.6 Å². The quantitative estimate of drug-likeness (QED) is 0.507. The molecule has 2 rings (SSSR count). The fraction of sp³-hybridized carbons (Fsp3) is 0.583. The molecule has 2 nitrogen and oxygen atoms in total. The highest BCUT2D eigenvalue weighted by atomic mass is 16.5. The van der Waals surface area contributed by atoms with Crippen molar-refractivity contribution in [1.29, 1.82) is 0 Å².